The van der Waals surface area contributed by atoms with Gasteiger partial charge >= 0.3 is 0 Å². The first kappa shape index (κ1) is 16.6. The number of nitrogens with zero attached hydrogens (tertiary/aromatic N) is 4. The van der Waals surface area contributed by atoms with Gasteiger partial charge in [0.25, 0.3) is 0 Å². The molecule has 1 amide bonds. The first-order valence-electron chi connectivity index (χ1n) is 8.22. The summed E-state index contributed by atoms with van der Waals surface area (Å²) in [6, 6.07) is 10.0. The molecule has 2 heterocycles. The number of carbonyl (C=O) groups excluding carboxylic acids is 1. The van der Waals surface area contributed by atoms with Gasteiger partial charge in [-0.15, -0.1) is 0 Å². The van der Waals surface area contributed by atoms with Gasteiger partial charge in [0.2, 0.25) is 5.91 Å². The van der Waals surface area contributed by atoms with Gasteiger partial charge in [-0.2, -0.15) is 5.10 Å². The maximum absolute atomic E-state index is 12.2. The minimum Gasteiger partial charge on any atom is -0.374 e. The highest BCUT2D eigenvalue weighted by atomic mass is 16.5. The third-order valence-corrected chi connectivity index (χ3v) is 4.19. The van der Waals surface area contributed by atoms with Gasteiger partial charge in [0.15, 0.2) is 0 Å². The summed E-state index contributed by atoms with van der Waals surface area (Å²) in [4.78, 5) is 18.4. The zero-order chi connectivity index (χ0) is 16.8. The van der Waals surface area contributed by atoms with Crippen LogP contribution >= 0.6 is 0 Å². The lowest BCUT2D eigenvalue weighted by Crippen LogP contribution is -2.47. The van der Waals surface area contributed by atoms with Crippen LogP contribution in [0.15, 0.2) is 43.0 Å². The summed E-state index contributed by atoms with van der Waals surface area (Å²) in [5.74, 6) is -0.0794. The van der Waals surface area contributed by atoms with Crippen molar-refractivity contribution < 1.29 is 9.53 Å². The van der Waals surface area contributed by atoms with E-state index in [1.165, 1.54) is 11.9 Å². The number of benzene rings is 1. The quantitative estimate of drug-likeness (QED) is 0.851. The molecule has 0 bridgehead atoms. The summed E-state index contributed by atoms with van der Waals surface area (Å²) in [7, 11) is 0. The van der Waals surface area contributed by atoms with Crippen molar-refractivity contribution in [2.24, 2.45) is 0 Å². The van der Waals surface area contributed by atoms with E-state index < -0.39 is 0 Å². The van der Waals surface area contributed by atoms with E-state index in [4.69, 9.17) is 4.74 Å². The Hall–Kier alpha value is -2.25. The fourth-order valence-electron chi connectivity index (χ4n) is 2.79. The zero-order valence-corrected chi connectivity index (χ0v) is 13.8. The minimum atomic E-state index is -0.378. The van der Waals surface area contributed by atoms with E-state index in [-0.39, 0.29) is 18.1 Å². The molecule has 128 valence electrons. The highest BCUT2D eigenvalue weighted by Crippen LogP contribution is 2.10. The second-order valence-corrected chi connectivity index (χ2v) is 6.01. The van der Waals surface area contributed by atoms with Gasteiger partial charge < -0.3 is 10.1 Å². The molecule has 0 saturated carbocycles. The molecular formula is C17H23N5O2. The summed E-state index contributed by atoms with van der Waals surface area (Å²) in [6.07, 6.45) is 2.98. The Bertz CT molecular complexity index is 632. The number of morpholine rings is 1. The van der Waals surface area contributed by atoms with Gasteiger partial charge in [-0.1, -0.05) is 30.3 Å². The van der Waals surface area contributed by atoms with Gasteiger partial charge in [-0.3, -0.25) is 9.69 Å². The van der Waals surface area contributed by atoms with Crippen molar-refractivity contribution >= 4 is 5.91 Å². The van der Waals surface area contributed by atoms with E-state index in [9.17, 15) is 4.79 Å². The molecule has 1 N–H and O–H groups in total. The average molecular weight is 329 g/mol. The number of aromatic nitrogens is 3. The third-order valence-electron chi connectivity index (χ3n) is 4.19. The van der Waals surface area contributed by atoms with Gasteiger partial charge in [0.1, 0.15) is 18.7 Å². The summed E-state index contributed by atoms with van der Waals surface area (Å²) in [5.41, 5.74) is 1.29. The molecule has 2 aromatic rings. The molecule has 7 nitrogen and oxygen atoms in total. The van der Waals surface area contributed by atoms with E-state index in [0.717, 1.165) is 19.6 Å². The van der Waals surface area contributed by atoms with E-state index in [0.29, 0.717) is 13.2 Å². The molecule has 1 aliphatic heterocycles. The summed E-state index contributed by atoms with van der Waals surface area (Å²) in [5, 5.41) is 6.94. The van der Waals surface area contributed by atoms with Crippen molar-refractivity contribution in [3.8, 4) is 0 Å². The highest BCUT2D eigenvalue weighted by molar-refractivity contribution is 5.79. The van der Waals surface area contributed by atoms with Crippen molar-refractivity contribution in [3.63, 3.8) is 0 Å². The first-order chi connectivity index (χ1) is 11.7. The van der Waals surface area contributed by atoms with Crippen LogP contribution in [-0.2, 0) is 16.1 Å². The number of ether oxygens (including phenoxy) is 1. The molecule has 0 aliphatic carbocycles. The highest BCUT2D eigenvalue weighted by Gasteiger charge is 2.22. The number of nitrogens with one attached hydrogen (secondary N) is 1. The van der Waals surface area contributed by atoms with Crippen LogP contribution in [0.5, 0.6) is 0 Å². The molecule has 7 heteroatoms. The van der Waals surface area contributed by atoms with Gasteiger partial charge in [-0.25, -0.2) is 9.67 Å². The largest absolute Gasteiger partial charge is 0.374 e. The van der Waals surface area contributed by atoms with Crippen LogP contribution in [0.1, 0.15) is 18.5 Å². The number of amides is 1. The Morgan fingerprint density at radius 1 is 1.42 bits per heavy atom. The second kappa shape index (κ2) is 8.03. The molecule has 1 aromatic heterocycles. The molecule has 24 heavy (non-hydrogen) atoms. The molecule has 1 saturated heterocycles. The van der Waals surface area contributed by atoms with E-state index in [1.807, 2.05) is 6.07 Å². The SMILES string of the molecule is C[C@@H](C(=O)NC[C@@H]1CN(Cc2ccccc2)CCO1)n1cncn1. The van der Waals surface area contributed by atoms with Crippen LogP contribution in [0, 0.1) is 0 Å². The Morgan fingerprint density at radius 3 is 3.00 bits per heavy atom. The minimum absolute atomic E-state index is 0.00867. The second-order valence-electron chi connectivity index (χ2n) is 6.01. The van der Waals surface area contributed by atoms with E-state index in [1.54, 1.807) is 17.9 Å². The summed E-state index contributed by atoms with van der Waals surface area (Å²) in [6.45, 7) is 5.62. The molecule has 0 spiro atoms. The maximum atomic E-state index is 12.2. The molecular weight excluding hydrogens is 306 g/mol. The molecule has 0 unspecified atom stereocenters. The van der Waals surface area contributed by atoms with Crippen LogP contribution in [0.4, 0.5) is 0 Å². The molecule has 1 aliphatic rings. The third kappa shape index (κ3) is 4.39. The smallest absolute Gasteiger partial charge is 0.244 e. The van der Waals surface area contributed by atoms with Crippen molar-refractivity contribution in [1.29, 1.82) is 0 Å². The van der Waals surface area contributed by atoms with Crippen LogP contribution in [0.25, 0.3) is 0 Å². The Balaban J connectivity index is 1.46. The molecule has 2 atom stereocenters. The zero-order valence-electron chi connectivity index (χ0n) is 13.8. The van der Waals surface area contributed by atoms with Crippen molar-refractivity contribution in [2.75, 3.05) is 26.2 Å². The fraction of sp³-hybridized carbons (Fsp3) is 0.471. The van der Waals surface area contributed by atoms with Crippen molar-refractivity contribution in [1.82, 2.24) is 25.0 Å². The van der Waals surface area contributed by atoms with Crippen LogP contribution < -0.4 is 5.32 Å². The summed E-state index contributed by atoms with van der Waals surface area (Å²) >= 11 is 0. The standard InChI is InChI=1S/C17H23N5O2/c1-14(22-13-18-12-20-22)17(23)19-9-16-11-21(7-8-24-16)10-15-5-3-2-4-6-15/h2-6,12-14,16H,7-11H2,1H3,(H,19,23)/t14-,16+/m0/s1. The van der Waals surface area contributed by atoms with Crippen molar-refractivity contribution in [3.05, 3.63) is 48.5 Å². The lowest BCUT2D eigenvalue weighted by Gasteiger charge is -2.33. The van der Waals surface area contributed by atoms with E-state index >= 15 is 0 Å². The predicted molar refractivity (Wildman–Crippen MR) is 89.2 cm³/mol. The number of rotatable bonds is 6. The maximum Gasteiger partial charge on any atom is 0.244 e. The summed E-state index contributed by atoms with van der Waals surface area (Å²) < 4.78 is 7.32. The van der Waals surface area contributed by atoms with Gasteiger partial charge in [-0.05, 0) is 12.5 Å². The number of hydrogen-bond acceptors (Lipinski definition) is 5. The monoisotopic (exact) mass is 329 g/mol. The Labute approximate surface area is 141 Å². The Kier molecular flexibility index (Phi) is 5.55. The number of hydrogen-bond donors (Lipinski definition) is 1. The molecule has 3 rings (SSSR count). The fourth-order valence-corrected chi connectivity index (χ4v) is 2.79. The van der Waals surface area contributed by atoms with Gasteiger partial charge in [0, 0.05) is 26.2 Å². The topological polar surface area (TPSA) is 72.3 Å². The molecule has 0 radical (unpaired) electrons. The van der Waals surface area contributed by atoms with Crippen LogP contribution in [0.3, 0.4) is 0 Å². The first-order valence-corrected chi connectivity index (χ1v) is 8.22. The molecule has 1 aromatic carbocycles. The average Bonchev–Trinajstić information content (AvgIpc) is 3.15. The normalized spacial score (nSPS) is 19.8. The lowest BCUT2D eigenvalue weighted by atomic mass is 10.2. The predicted octanol–water partition coefficient (Wildman–Crippen LogP) is 0.856. The van der Waals surface area contributed by atoms with Crippen LogP contribution in [0.2, 0.25) is 0 Å². The number of carbonyl (C=O) groups is 1. The van der Waals surface area contributed by atoms with E-state index in [2.05, 4.69) is 44.6 Å². The lowest BCUT2D eigenvalue weighted by molar-refractivity contribution is -0.125. The van der Waals surface area contributed by atoms with Gasteiger partial charge in [0.05, 0.1) is 12.7 Å². The van der Waals surface area contributed by atoms with Crippen molar-refractivity contribution in [2.45, 2.75) is 25.6 Å². The van der Waals surface area contributed by atoms with Crippen LogP contribution in [-0.4, -0.2) is 57.9 Å². The molecule has 1 fully saturated rings. The Morgan fingerprint density at radius 2 is 2.25 bits per heavy atom.